The van der Waals surface area contributed by atoms with Gasteiger partial charge in [0, 0.05) is 0 Å². The molecule has 0 aromatic heterocycles. The van der Waals surface area contributed by atoms with E-state index in [2.05, 4.69) is 0 Å². The minimum atomic E-state index is -1.43. The molecule has 0 atom stereocenters. The van der Waals surface area contributed by atoms with Gasteiger partial charge in [0.25, 0.3) is 0 Å². The van der Waals surface area contributed by atoms with Crippen molar-refractivity contribution in [2.45, 2.75) is 0 Å². The summed E-state index contributed by atoms with van der Waals surface area (Å²) in [6, 6.07) is 14.6. The summed E-state index contributed by atoms with van der Waals surface area (Å²) in [6.07, 6.45) is 0. The molecular formula is C12H12B2O3. The monoisotopic (exact) mass is 226 g/mol. The molecule has 3 nitrogen and oxygen atoms in total. The van der Waals surface area contributed by atoms with Crippen LogP contribution in [0.2, 0.25) is 0 Å². The van der Waals surface area contributed by atoms with Crippen molar-refractivity contribution in [1.29, 1.82) is 0 Å². The van der Waals surface area contributed by atoms with Gasteiger partial charge in [-0.15, -0.1) is 0 Å². The molecule has 0 bridgehead atoms. The van der Waals surface area contributed by atoms with Crippen LogP contribution in [-0.4, -0.2) is 29.7 Å². The Bertz CT molecular complexity index is 480. The molecule has 2 aromatic rings. The third-order valence-electron chi connectivity index (χ3n) is 2.68. The topological polar surface area (TPSA) is 60.7 Å². The van der Waals surface area contributed by atoms with Crippen LogP contribution in [0.3, 0.4) is 0 Å². The molecule has 0 heterocycles. The first-order chi connectivity index (χ1) is 8.20. The van der Waals surface area contributed by atoms with E-state index in [4.69, 9.17) is 15.1 Å². The molecule has 0 radical (unpaired) electrons. The molecular weight excluding hydrogens is 214 g/mol. The van der Waals surface area contributed by atoms with E-state index in [0.29, 0.717) is 5.46 Å². The summed E-state index contributed by atoms with van der Waals surface area (Å²) < 4.78 is 0. The van der Waals surface area contributed by atoms with E-state index in [-0.39, 0.29) is 7.48 Å². The van der Waals surface area contributed by atoms with E-state index in [9.17, 15) is 0 Å². The molecule has 0 amide bonds. The van der Waals surface area contributed by atoms with Crippen LogP contribution in [0.25, 0.3) is 11.1 Å². The van der Waals surface area contributed by atoms with Gasteiger partial charge in [0.2, 0.25) is 0 Å². The Morgan fingerprint density at radius 3 is 1.65 bits per heavy atom. The number of hydrogen-bond acceptors (Lipinski definition) is 3. The van der Waals surface area contributed by atoms with Crippen molar-refractivity contribution in [3.05, 3.63) is 48.5 Å². The lowest BCUT2D eigenvalue weighted by molar-refractivity contribution is 0.426. The van der Waals surface area contributed by atoms with Gasteiger partial charge >= 0.3 is 14.6 Å². The Balaban J connectivity index is 2.26. The van der Waals surface area contributed by atoms with E-state index in [1.807, 2.05) is 36.4 Å². The third kappa shape index (κ3) is 2.77. The number of benzene rings is 2. The van der Waals surface area contributed by atoms with E-state index in [1.165, 1.54) is 0 Å². The largest absolute Gasteiger partial charge is 0.488 e. The highest BCUT2D eigenvalue weighted by molar-refractivity contribution is 6.58. The van der Waals surface area contributed by atoms with Crippen LogP contribution < -0.4 is 10.9 Å². The minimum Gasteiger partial charge on any atom is -0.449 e. The van der Waals surface area contributed by atoms with Crippen molar-refractivity contribution >= 4 is 25.5 Å². The molecule has 0 aliphatic rings. The zero-order chi connectivity index (χ0) is 12.3. The van der Waals surface area contributed by atoms with Crippen molar-refractivity contribution in [3.8, 4) is 11.1 Å². The zero-order valence-corrected chi connectivity index (χ0v) is 9.24. The average Bonchev–Trinajstić information content (AvgIpc) is 2.39. The van der Waals surface area contributed by atoms with Crippen molar-refractivity contribution < 1.29 is 15.1 Å². The zero-order valence-electron chi connectivity index (χ0n) is 9.24. The van der Waals surface area contributed by atoms with E-state index >= 15 is 0 Å². The summed E-state index contributed by atoms with van der Waals surface area (Å²) in [5.74, 6) is 0. The van der Waals surface area contributed by atoms with Crippen LogP contribution in [0, 0.1) is 0 Å². The van der Waals surface area contributed by atoms with E-state index in [1.54, 1.807) is 12.1 Å². The molecule has 2 rings (SSSR count). The van der Waals surface area contributed by atoms with Crippen molar-refractivity contribution in [2.75, 3.05) is 0 Å². The van der Waals surface area contributed by atoms with Gasteiger partial charge in [0.05, 0.1) is 0 Å². The molecule has 2 aromatic carbocycles. The summed E-state index contributed by atoms with van der Waals surface area (Å²) in [5.41, 5.74) is 3.37. The predicted molar refractivity (Wildman–Crippen MR) is 70.7 cm³/mol. The van der Waals surface area contributed by atoms with Crippen LogP contribution in [0.4, 0.5) is 0 Å². The fourth-order valence-electron chi connectivity index (χ4n) is 1.65. The van der Waals surface area contributed by atoms with Crippen molar-refractivity contribution in [2.24, 2.45) is 0 Å². The highest BCUT2D eigenvalue weighted by Gasteiger charge is 2.09. The summed E-state index contributed by atoms with van der Waals surface area (Å²) in [5, 5.41) is 26.9. The molecule has 0 spiro atoms. The second kappa shape index (κ2) is 5.19. The van der Waals surface area contributed by atoms with Gasteiger partial charge in [-0.1, -0.05) is 54.0 Å². The highest BCUT2D eigenvalue weighted by Crippen LogP contribution is 2.16. The first kappa shape index (κ1) is 11.9. The van der Waals surface area contributed by atoms with Gasteiger partial charge in [0.1, 0.15) is 0 Å². The molecule has 0 saturated heterocycles. The maximum Gasteiger partial charge on any atom is 0.488 e. The van der Waals surface area contributed by atoms with E-state index < -0.39 is 7.12 Å². The Morgan fingerprint density at radius 1 is 0.765 bits per heavy atom. The van der Waals surface area contributed by atoms with Gasteiger partial charge in [-0.2, -0.15) is 0 Å². The van der Waals surface area contributed by atoms with Gasteiger partial charge in [-0.05, 0) is 16.6 Å². The lowest BCUT2D eigenvalue weighted by atomic mass is 9.79. The fourth-order valence-corrected chi connectivity index (χ4v) is 1.65. The Morgan fingerprint density at radius 2 is 1.24 bits per heavy atom. The normalized spacial score (nSPS) is 10.1. The molecule has 0 saturated carbocycles. The molecule has 17 heavy (non-hydrogen) atoms. The molecule has 0 aliphatic heterocycles. The lowest BCUT2D eigenvalue weighted by Crippen LogP contribution is -2.29. The minimum absolute atomic E-state index is 0.0376. The first-order valence-electron chi connectivity index (χ1n) is 5.37. The first-order valence-corrected chi connectivity index (χ1v) is 5.37. The number of hydrogen-bond donors (Lipinski definition) is 3. The van der Waals surface area contributed by atoms with Gasteiger partial charge in [-0.3, -0.25) is 0 Å². The summed E-state index contributed by atoms with van der Waals surface area (Å²) in [7, 11) is -1.39. The van der Waals surface area contributed by atoms with Crippen LogP contribution in [-0.2, 0) is 0 Å². The quantitative estimate of drug-likeness (QED) is 0.588. The smallest absolute Gasteiger partial charge is 0.449 e. The molecule has 84 valence electrons. The summed E-state index contributed by atoms with van der Waals surface area (Å²) in [6.45, 7) is 0. The molecule has 3 N–H and O–H groups in total. The second-order valence-electron chi connectivity index (χ2n) is 3.85. The van der Waals surface area contributed by atoms with Crippen LogP contribution >= 0.6 is 0 Å². The van der Waals surface area contributed by atoms with Crippen molar-refractivity contribution in [3.63, 3.8) is 0 Å². The van der Waals surface area contributed by atoms with Gasteiger partial charge in [0.15, 0.2) is 0 Å². The number of rotatable bonds is 3. The molecule has 0 unspecified atom stereocenters. The predicted octanol–water partition coefficient (Wildman–Crippen LogP) is -0.998. The molecule has 5 heteroatoms. The third-order valence-corrected chi connectivity index (χ3v) is 2.68. The van der Waals surface area contributed by atoms with Crippen LogP contribution in [0.1, 0.15) is 0 Å². The molecule has 0 aliphatic carbocycles. The fraction of sp³-hybridized carbons (Fsp3) is 0. The lowest BCUT2D eigenvalue weighted by Gasteiger charge is -2.04. The van der Waals surface area contributed by atoms with Gasteiger partial charge < -0.3 is 15.1 Å². The maximum atomic E-state index is 8.98. The summed E-state index contributed by atoms with van der Waals surface area (Å²) >= 11 is 0. The van der Waals surface area contributed by atoms with E-state index in [0.717, 1.165) is 16.6 Å². The van der Waals surface area contributed by atoms with Gasteiger partial charge in [-0.25, -0.2) is 0 Å². The molecule has 0 fully saturated rings. The standard InChI is InChI=1S/C12H12B2O3/c15-13-11-5-1-9(2-6-11)10-3-7-12(8-4-10)14(16)17/h1-8,13,15-17H. The van der Waals surface area contributed by atoms with Crippen LogP contribution in [0.15, 0.2) is 48.5 Å². The SMILES string of the molecule is OBc1ccc(-c2ccc(B(O)O)cc2)cc1. The Labute approximate surface area is 101 Å². The maximum absolute atomic E-state index is 8.98. The summed E-state index contributed by atoms with van der Waals surface area (Å²) in [4.78, 5) is 0. The Kier molecular flexibility index (Phi) is 3.64. The second-order valence-corrected chi connectivity index (χ2v) is 3.85. The Hall–Kier alpha value is -1.55. The van der Waals surface area contributed by atoms with Crippen molar-refractivity contribution in [1.82, 2.24) is 0 Å². The van der Waals surface area contributed by atoms with Crippen LogP contribution in [0.5, 0.6) is 0 Å². The highest BCUT2D eigenvalue weighted by atomic mass is 16.4. The average molecular weight is 226 g/mol.